The molecular formula is C22H34N2O3. The quantitative estimate of drug-likeness (QED) is 0.545. The number of aliphatic hydroxyl groups excluding tert-OH is 1. The van der Waals surface area contributed by atoms with Crippen LogP contribution in [0.1, 0.15) is 37.4 Å². The van der Waals surface area contributed by atoms with E-state index in [4.69, 9.17) is 9.47 Å². The normalized spacial score (nSPS) is 12.5. The third kappa shape index (κ3) is 7.37. The Morgan fingerprint density at radius 3 is 2.78 bits per heavy atom. The van der Waals surface area contributed by atoms with Gasteiger partial charge in [-0.3, -0.25) is 4.90 Å². The lowest BCUT2D eigenvalue weighted by atomic mass is 10.2. The highest BCUT2D eigenvalue weighted by Crippen LogP contribution is 2.16. The van der Waals surface area contributed by atoms with E-state index in [2.05, 4.69) is 46.9 Å². The summed E-state index contributed by atoms with van der Waals surface area (Å²) in [7, 11) is 3.43. The van der Waals surface area contributed by atoms with Crippen LogP contribution in [0.15, 0.2) is 42.6 Å². The number of nitrogens with zero attached hydrogens (tertiary/aromatic N) is 2. The molecule has 1 aromatic carbocycles. The Balaban J connectivity index is 2.04. The fourth-order valence-electron chi connectivity index (χ4n) is 3.33. The third-order valence-electron chi connectivity index (χ3n) is 4.71. The standard InChI is InChI=1S/C22H34N2O3/c1-4-8-21(25)18-23(12-7-14-26-2)17-20-10-6-13-24(20)16-19-9-5-11-22(15-19)27-3/h5-6,9-11,13,15,21,25H,4,7-8,12,14,16-18H2,1-3H3. The molecule has 0 saturated carbocycles. The van der Waals surface area contributed by atoms with Gasteiger partial charge in [-0.1, -0.05) is 25.5 Å². The van der Waals surface area contributed by atoms with Crippen molar-refractivity contribution in [2.45, 2.75) is 45.4 Å². The molecule has 1 unspecified atom stereocenters. The molecule has 2 rings (SSSR count). The van der Waals surface area contributed by atoms with Gasteiger partial charge in [-0.25, -0.2) is 0 Å². The first-order chi connectivity index (χ1) is 13.2. The molecule has 1 aromatic heterocycles. The van der Waals surface area contributed by atoms with Crippen LogP contribution in [0.4, 0.5) is 0 Å². The van der Waals surface area contributed by atoms with Crippen molar-refractivity contribution in [3.05, 3.63) is 53.9 Å². The summed E-state index contributed by atoms with van der Waals surface area (Å²) in [5, 5.41) is 10.3. The van der Waals surface area contributed by atoms with E-state index < -0.39 is 0 Å². The topological polar surface area (TPSA) is 46.9 Å². The summed E-state index contributed by atoms with van der Waals surface area (Å²) in [4.78, 5) is 2.33. The van der Waals surface area contributed by atoms with E-state index in [1.165, 1.54) is 11.3 Å². The second kappa shape index (κ2) is 11.8. The van der Waals surface area contributed by atoms with Crippen molar-refractivity contribution >= 4 is 0 Å². The number of hydrogen-bond donors (Lipinski definition) is 1. The molecule has 1 heterocycles. The Labute approximate surface area is 163 Å². The smallest absolute Gasteiger partial charge is 0.119 e. The summed E-state index contributed by atoms with van der Waals surface area (Å²) in [6.07, 6.45) is 4.64. The minimum Gasteiger partial charge on any atom is -0.497 e. The number of hydrogen-bond acceptors (Lipinski definition) is 4. The number of aromatic nitrogens is 1. The second-order valence-electron chi connectivity index (χ2n) is 7.00. The fraction of sp³-hybridized carbons (Fsp3) is 0.545. The number of aliphatic hydroxyl groups is 1. The summed E-state index contributed by atoms with van der Waals surface area (Å²) in [6, 6.07) is 12.4. The van der Waals surface area contributed by atoms with Gasteiger partial charge in [-0.15, -0.1) is 0 Å². The Morgan fingerprint density at radius 2 is 2.04 bits per heavy atom. The zero-order valence-corrected chi connectivity index (χ0v) is 16.9. The Hall–Kier alpha value is -1.82. The average Bonchev–Trinajstić information content (AvgIpc) is 3.08. The molecule has 5 heteroatoms. The minimum absolute atomic E-state index is 0.278. The van der Waals surface area contributed by atoms with Crippen molar-refractivity contribution in [1.82, 2.24) is 9.47 Å². The van der Waals surface area contributed by atoms with Crippen molar-refractivity contribution in [2.24, 2.45) is 0 Å². The molecule has 1 N–H and O–H groups in total. The van der Waals surface area contributed by atoms with Crippen LogP contribution in [-0.2, 0) is 17.8 Å². The van der Waals surface area contributed by atoms with Crippen LogP contribution in [0.3, 0.4) is 0 Å². The van der Waals surface area contributed by atoms with Gasteiger partial charge in [-0.05, 0) is 42.7 Å². The molecule has 1 atom stereocenters. The van der Waals surface area contributed by atoms with Crippen LogP contribution in [0.2, 0.25) is 0 Å². The zero-order valence-electron chi connectivity index (χ0n) is 16.9. The highest BCUT2D eigenvalue weighted by Gasteiger charge is 2.14. The zero-order chi connectivity index (χ0) is 19.5. The lowest BCUT2D eigenvalue weighted by Gasteiger charge is -2.25. The fourth-order valence-corrected chi connectivity index (χ4v) is 3.33. The highest BCUT2D eigenvalue weighted by molar-refractivity contribution is 5.29. The molecule has 0 saturated heterocycles. The third-order valence-corrected chi connectivity index (χ3v) is 4.71. The molecule has 0 aliphatic carbocycles. The maximum Gasteiger partial charge on any atom is 0.119 e. The van der Waals surface area contributed by atoms with Crippen molar-refractivity contribution in [1.29, 1.82) is 0 Å². The molecule has 150 valence electrons. The summed E-state index contributed by atoms with van der Waals surface area (Å²) < 4.78 is 12.8. The van der Waals surface area contributed by atoms with E-state index in [0.29, 0.717) is 6.54 Å². The van der Waals surface area contributed by atoms with Gasteiger partial charge in [0, 0.05) is 51.8 Å². The van der Waals surface area contributed by atoms with Crippen molar-refractivity contribution < 1.29 is 14.6 Å². The van der Waals surface area contributed by atoms with Gasteiger partial charge in [0.1, 0.15) is 5.75 Å². The molecule has 5 nitrogen and oxygen atoms in total. The van der Waals surface area contributed by atoms with E-state index >= 15 is 0 Å². The lowest BCUT2D eigenvalue weighted by molar-refractivity contribution is 0.0918. The summed E-state index contributed by atoms with van der Waals surface area (Å²) in [6.45, 7) is 6.09. The monoisotopic (exact) mass is 374 g/mol. The van der Waals surface area contributed by atoms with Crippen molar-refractivity contribution in [3.8, 4) is 5.75 Å². The maximum atomic E-state index is 10.3. The average molecular weight is 375 g/mol. The number of benzene rings is 1. The molecule has 0 bridgehead atoms. The number of ether oxygens (including phenoxy) is 2. The van der Waals surface area contributed by atoms with E-state index in [1.807, 2.05) is 12.1 Å². The van der Waals surface area contributed by atoms with E-state index in [-0.39, 0.29) is 6.10 Å². The minimum atomic E-state index is -0.278. The van der Waals surface area contributed by atoms with Crippen LogP contribution in [0.5, 0.6) is 5.75 Å². The van der Waals surface area contributed by atoms with Gasteiger partial charge in [0.25, 0.3) is 0 Å². The van der Waals surface area contributed by atoms with Gasteiger partial charge in [0.15, 0.2) is 0 Å². The SMILES string of the molecule is CCCC(O)CN(CCCOC)Cc1cccn1Cc1cccc(OC)c1. The largest absolute Gasteiger partial charge is 0.497 e. The van der Waals surface area contributed by atoms with Gasteiger partial charge in [-0.2, -0.15) is 0 Å². The molecule has 0 aliphatic rings. The molecule has 0 fully saturated rings. The highest BCUT2D eigenvalue weighted by atomic mass is 16.5. The first kappa shape index (κ1) is 21.5. The van der Waals surface area contributed by atoms with Crippen molar-refractivity contribution in [3.63, 3.8) is 0 Å². The van der Waals surface area contributed by atoms with Crippen LogP contribution < -0.4 is 4.74 Å². The van der Waals surface area contributed by atoms with Gasteiger partial charge < -0.3 is 19.1 Å². The van der Waals surface area contributed by atoms with Gasteiger partial charge in [0.2, 0.25) is 0 Å². The van der Waals surface area contributed by atoms with Crippen LogP contribution in [0.25, 0.3) is 0 Å². The Bertz CT molecular complexity index is 657. The first-order valence-electron chi connectivity index (χ1n) is 9.82. The summed E-state index contributed by atoms with van der Waals surface area (Å²) in [5.74, 6) is 0.880. The maximum absolute atomic E-state index is 10.3. The summed E-state index contributed by atoms with van der Waals surface area (Å²) in [5.41, 5.74) is 2.46. The first-order valence-corrected chi connectivity index (χ1v) is 9.82. The number of methoxy groups -OCH3 is 2. The second-order valence-corrected chi connectivity index (χ2v) is 7.00. The van der Waals surface area contributed by atoms with Crippen molar-refractivity contribution in [2.75, 3.05) is 33.9 Å². The number of rotatable bonds is 13. The van der Waals surface area contributed by atoms with Crippen LogP contribution in [0, 0.1) is 0 Å². The molecule has 0 aliphatic heterocycles. The van der Waals surface area contributed by atoms with E-state index in [1.54, 1.807) is 14.2 Å². The Kier molecular flexibility index (Phi) is 9.39. The molecule has 2 aromatic rings. The molecule has 0 radical (unpaired) electrons. The lowest BCUT2D eigenvalue weighted by Crippen LogP contribution is -2.34. The van der Waals surface area contributed by atoms with Crippen LogP contribution >= 0.6 is 0 Å². The Morgan fingerprint density at radius 1 is 1.19 bits per heavy atom. The molecule has 0 spiro atoms. The summed E-state index contributed by atoms with van der Waals surface area (Å²) >= 11 is 0. The molecule has 27 heavy (non-hydrogen) atoms. The van der Waals surface area contributed by atoms with E-state index in [0.717, 1.165) is 51.3 Å². The molecular weight excluding hydrogens is 340 g/mol. The molecule has 0 amide bonds. The predicted molar refractivity (Wildman–Crippen MR) is 109 cm³/mol. The van der Waals surface area contributed by atoms with Crippen LogP contribution in [-0.4, -0.2) is 54.6 Å². The van der Waals surface area contributed by atoms with Gasteiger partial charge >= 0.3 is 0 Å². The predicted octanol–water partition coefficient (Wildman–Crippen LogP) is 3.54. The van der Waals surface area contributed by atoms with Gasteiger partial charge in [0.05, 0.1) is 13.2 Å². The van der Waals surface area contributed by atoms with E-state index in [9.17, 15) is 5.11 Å².